The van der Waals surface area contributed by atoms with Gasteiger partial charge in [-0.05, 0) is 35.9 Å². The number of carbonyl (C=O) groups excluding carboxylic acids is 1. The molecule has 0 aromatic heterocycles. The highest BCUT2D eigenvalue weighted by molar-refractivity contribution is 7.90. The van der Waals surface area contributed by atoms with Crippen LogP contribution in [0, 0.1) is 0 Å². The number of rotatable bonds is 6. The van der Waals surface area contributed by atoms with Crippen molar-refractivity contribution in [3.8, 4) is 0 Å². The van der Waals surface area contributed by atoms with Gasteiger partial charge in [-0.1, -0.05) is 29.8 Å². The predicted molar refractivity (Wildman–Crippen MR) is 108 cm³/mol. The van der Waals surface area contributed by atoms with E-state index in [0.717, 1.165) is 24.9 Å². The molecule has 0 saturated carbocycles. The molecule has 0 aliphatic carbocycles. The minimum Gasteiger partial charge on any atom is -0.379 e. The first-order valence-electron chi connectivity index (χ1n) is 9.01. The summed E-state index contributed by atoms with van der Waals surface area (Å²) in [5.41, 5.74) is 1.37. The lowest BCUT2D eigenvalue weighted by atomic mass is 10.0. The summed E-state index contributed by atoms with van der Waals surface area (Å²) >= 11 is 6.40. The second-order valence-electron chi connectivity index (χ2n) is 6.69. The van der Waals surface area contributed by atoms with Crippen LogP contribution in [0.4, 0.5) is 0 Å². The maximum Gasteiger partial charge on any atom is 0.251 e. The summed E-state index contributed by atoms with van der Waals surface area (Å²) < 4.78 is 28.6. The van der Waals surface area contributed by atoms with Crippen molar-refractivity contribution in [3.63, 3.8) is 0 Å². The van der Waals surface area contributed by atoms with Gasteiger partial charge in [0, 0.05) is 36.5 Å². The maximum atomic E-state index is 12.6. The highest BCUT2D eigenvalue weighted by Gasteiger charge is 2.25. The molecule has 28 heavy (non-hydrogen) atoms. The Labute approximate surface area is 170 Å². The van der Waals surface area contributed by atoms with Crippen LogP contribution in [-0.2, 0) is 14.6 Å². The predicted octanol–water partition coefficient (Wildman–Crippen LogP) is 2.55. The molecule has 0 radical (unpaired) electrons. The highest BCUT2D eigenvalue weighted by atomic mass is 35.5. The van der Waals surface area contributed by atoms with Crippen molar-refractivity contribution in [1.29, 1.82) is 0 Å². The van der Waals surface area contributed by atoms with Gasteiger partial charge in [-0.3, -0.25) is 9.69 Å². The number of benzene rings is 2. The fraction of sp³-hybridized carbons (Fsp3) is 0.350. The van der Waals surface area contributed by atoms with Gasteiger partial charge in [0.25, 0.3) is 5.91 Å². The number of hydrogen-bond donors (Lipinski definition) is 1. The molecule has 1 N–H and O–H groups in total. The van der Waals surface area contributed by atoms with E-state index in [9.17, 15) is 13.2 Å². The number of nitrogens with zero attached hydrogens (tertiary/aromatic N) is 1. The Bertz CT molecular complexity index is 925. The van der Waals surface area contributed by atoms with E-state index in [1.165, 1.54) is 24.3 Å². The zero-order valence-electron chi connectivity index (χ0n) is 15.6. The fourth-order valence-electron chi connectivity index (χ4n) is 3.22. The molecule has 150 valence electrons. The Morgan fingerprint density at radius 1 is 1.14 bits per heavy atom. The van der Waals surface area contributed by atoms with Crippen LogP contribution in [0.2, 0.25) is 5.02 Å². The van der Waals surface area contributed by atoms with Crippen LogP contribution in [0.1, 0.15) is 22.0 Å². The molecule has 6 nitrogen and oxygen atoms in total. The molecular weight excluding hydrogens is 400 g/mol. The SMILES string of the molecule is CS(=O)(=O)c1ccc(C(=O)NC[C@@H](c2ccccc2Cl)N2CCOCC2)cc1. The number of amides is 1. The number of morpholine rings is 1. The van der Waals surface area contributed by atoms with Crippen LogP contribution in [0.5, 0.6) is 0 Å². The summed E-state index contributed by atoms with van der Waals surface area (Å²) in [5, 5.41) is 3.61. The van der Waals surface area contributed by atoms with E-state index in [1.807, 2.05) is 24.3 Å². The van der Waals surface area contributed by atoms with Crippen molar-refractivity contribution < 1.29 is 17.9 Å². The largest absolute Gasteiger partial charge is 0.379 e. The molecule has 1 atom stereocenters. The molecule has 1 heterocycles. The molecule has 1 aliphatic heterocycles. The van der Waals surface area contributed by atoms with Crippen molar-refractivity contribution >= 4 is 27.3 Å². The third kappa shape index (κ3) is 5.11. The lowest BCUT2D eigenvalue weighted by Crippen LogP contribution is -2.44. The van der Waals surface area contributed by atoms with Gasteiger partial charge in [-0.15, -0.1) is 0 Å². The van der Waals surface area contributed by atoms with Gasteiger partial charge in [-0.2, -0.15) is 0 Å². The van der Waals surface area contributed by atoms with E-state index in [1.54, 1.807) is 0 Å². The molecule has 1 fully saturated rings. The molecule has 0 spiro atoms. The minimum absolute atomic E-state index is 0.0724. The first-order valence-corrected chi connectivity index (χ1v) is 11.3. The molecule has 3 rings (SSSR count). The van der Waals surface area contributed by atoms with Gasteiger partial charge in [0.2, 0.25) is 0 Å². The third-order valence-electron chi connectivity index (χ3n) is 4.75. The van der Waals surface area contributed by atoms with E-state index < -0.39 is 9.84 Å². The number of ether oxygens (including phenoxy) is 1. The minimum atomic E-state index is -3.29. The van der Waals surface area contributed by atoms with Crippen LogP contribution in [-0.4, -0.2) is 58.3 Å². The number of halogens is 1. The van der Waals surface area contributed by atoms with Gasteiger partial charge in [0.15, 0.2) is 9.84 Å². The molecule has 0 unspecified atom stereocenters. The van der Waals surface area contributed by atoms with E-state index >= 15 is 0 Å². The summed E-state index contributed by atoms with van der Waals surface area (Å²) in [6, 6.07) is 13.5. The van der Waals surface area contributed by atoms with Crippen molar-refractivity contribution in [2.24, 2.45) is 0 Å². The molecule has 1 saturated heterocycles. The summed E-state index contributed by atoms with van der Waals surface area (Å²) in [5.74, 6) is -0.259. The van der Waals surface area contributed by atoms with E-state index in [0.29, 0.717) is 30.3 Å². The van der Waals surface area contributed by atoms with Crippen molar-refractivity contribution in [2.45, 2.75) is 10.9 Å². The molecule has 2 aromatic rings. The van der Waals surface area contributed by atoms with Crippen LogP contribution < -0.4 is 5.32 Å². The summed E-state index contributed by atoms with van der Waals surface area (Å²) in [4.78, 5) is 15.0. The lowest BCUT2D eigenvalue weighted by molar-refractivity contribution is 0.0162. The zero-order valence-corrected chi connectivity index (χ0v) is 17.2. The Morgan fingerprint density at radius 2 is 1.79 bits per heavy atom. The normalized spacial score (nSPS) is 16.5. The van der Waals surface area contributed by atoms with Crippen molar-refractivity contribution in [1.82, 2.24) is 10.2 Å². The fourth-order valence-corrected chi connectivity index (χ4v) is 4.11. The summed E-state index contributed by atoms with van der Waals surface area (Å²) in [7, 11) is -3.29. The number of hydrogen-bond acceptors (Lipinski definition) is 5. The molecule has 2 aromatic carbocycles. The zero-order chi connectivity index (χ0) is 20.1. The Balaban J connectivity index is 1.74. The second kappa shape index (κ2) is 9.05. The first kappa shape index (κ1) is 20.8. The molecular formula is C20H23ClN2O4S. The number of carbonyl (C=O) groups is 1. The summed E-state index contributed by atoms with van der Waals surface area (Å²) in [6.07, 6.45) is 1.14. The molecule has 8 heteroatoms. The van der Waals surface area contributed by atoms with E-state index in [-0.39, 0.29) is 16.8 Å². The second-order valence-corrected chi connectivity index (χ2v) is 9.12. The van der Waals surface area contributed by atoms with Gasteiger partial charge in [-0.25, -0.2) is 8.42 Å². The summed E-state index contributed by atoms with van der Waals surface area (Å²) in [6.45, 7) is 3.18. The Hall–Kier alpha value is -1.93. The molecule has 1 aliphatic rings. The van der Waals surface area contributed by atoms with Crippen molar-refractivity contribution in [3.05, 3.63) is 64.7 Å². The molecule has 0 bridgehead atoms. The van der Waals surface area contributed by atoms with Crippen LogP contribution >= 0.6 is 11.6 Å². The van der Waals surface area contributed by atoms with Gasteiger partial charge < -0.3 is 10.1 Å². The first-order chi connectivity index (χ1) is 13.4. The average molecular weight is 423 g/mol. The maximum absolute atomic E-state index is 12.6. The third-order valence-corrected chi connectivity index (χ3v) is 6.22. The van der Waals surface area contributed by atoms with E-state index in [2.05, 4.69) is 10.2 Å². The average Bonchev–Trinajstić information content (AvgIpc) is 2.69. The highest BCUT2D eigenvalue weighted by Crippen LogP contribution is 2.27. The van der Waals surface area contributed by atoms with Gasteiger partial charge in [0.05, 0.1) is 24.2 Å². The monoisotopic (exact) mass is 422 g/mol. The standard InChI is InChI=1S/C20H23ClN2O4S/c1-28(25,26)16-8-6-15(7-9-16)20(24)22-14-19(23-10-12-27-13-11-23)17-4-2-3-5-18(17)21/h2-9,19H,10-14H2,1H3,(H,22,24)/t19-/m0/s1. The van der Waals surface area contributed by atoms with Crippen LogP contribution in [0.15, 0.2) is 53.4 Å². The van der Waals surface area contributed by atoms with E-state index in [4.69, 9.17) is 16.3 Å². The smallest absolute Gasteiger partial charge is 0.251 e. The number of nitrogens with one attached hydrogen (secondary N) is 1. The Kier molecular flexibility index (Phi) is 6.72. The van der Waals surface area contributed by atoms with Gasteiger partial charge in [0.1, 0.15) is 0 Å². The van der Waals surface area contributed by atoms with Gasteiger partial charge >= 0.3 is 0 Å². The quantitative estimate of drug-likeness (QED) is 0.774. The Morgan fingerprint density at radius 3 is 2.39 bits per heavy atom. The van der Waals surface area contributed by atoms with Crippen molar-refractivity contribution in [2.75, 3.05) is 39.1 Å². The number of sulfone groups is 1. The van der Waals surface area contributed by atoms with Crippen LogP contribution in [0.25, 0.3) is 0 Å². The molecule has 1 amide bonds. The topological polar surface area (TPSA) is 75.7 Å². The van der Waals surface area contributed by atoms with Crippen LogP contribution in [0.3, 0.4) is 0 Å². The lowest BCUT2D eigenvalue weighted by Gasteiger charge is -2.35.